The van der Waals surface area contributed by atoms with Gasteiger partial charge in [-0.1, -0.05) is 30.3 Å². The van der Waals surface area contributed by atoms with Crippen LogP contribution in [0.25, 0.3) is 0 Å². The number of amides is 1. The van der Waals surface area contributed by atoms with Gasteiger partial charge in [-0.15, -0.1) is 0 Å². The van der Waals surface area contributed by atoms with Gasteiger partial charge in [-0.3, -0.25) is 4.79 Å². The quantitative estimate of drug-likeness (QED) is 0.844. The van der Waals surface area contributed by atoms with Gasteiger partial charge in [0.25, 0.3) is 0 Å². The first-order valence-electron chi connectivity index (χ1n) is 7.10. The van der Waals surface area contributed by atoms with Crippen molar-refractivity contribution in [3.63, 3.8) is 0 Å². The zero-order valence-corrected chi connectivity index (χ0v) is 12.0. The number of hydrogen-bond donors (Lipinski definition) is 0. The normalized spacial score (nSPS) is 18.6. The Bertz CT molecular complexity index is 602. The molecule has 0 N–H and O–H groups in total. The van der Waals surface area contributed by atoms with E-state index in [0.717, 1.165) is 18.1 Å². The van der Waals surface area contributed by atoms with Gasteiger partial charge in [0.05, 0.1) is 6.04 Å². The highest BCUT2D eigenvalue weighted by molar-refractivity contribution is 5.74. The number of nitrogens with zero attached hydrogens (tertiary/aromatic N) is 4. The Morgan fingerprint density at radius 3 is 2.48 bits per heavy atom. The zero-order chi connectivity index (χ0) is 14.7. The maximum absolute atomic E-state index is 11.9. The molecule has 1 aliphatic heterocycles. The first-order valence-corrected chi connectivity index (χ1v) is 7.10. The van der Waals surface area contributed by atoms with Gasteiger partial charge in [-0.05, 0) is 11.6 Å². The Labute approximate surface area is 124 Å². The Kier molecular flexibility index (Phi) is 3.81. The summed E-state index contributed by atoms with van der Waals surface area (Å²) in [4.78, 5) is 24.6. The van der Waals surface area contributed by atoms with E-state index in [1.807, 2.05) is 29.2 Å². The molecule has 1 amide bonds. The molecule has 1 aromatic carbocycles. The van der Waals surface area contributed by atoms with Crippen LogP contribution in [0.4, 0.5) is 5.95 Å². The third-order valence-corrected chi connectivity index (χ3v) is 3.80. The van der Waals surface area contributed by atoms with Crippen molar-refractivity contribution < 1.29 is 4.79 Å². The maximum atomic E-state index is 11.9. The van der Waals surface area contributed by atoms with Crippen LogP contribution in [0.15, 0.2) is 48.8 Å². The number of rotatable bonds is 2. The van der Waals surface area contributed by atoms with Crippen molar-refractivity contribution in [1.82, 2.24) is 14.9 Å². The minimum atomic E-state index is 0.0428. The van der Waals surface area contributed by atoms with Crippen molar-refractivity contribution in [3.05, 3.63) is 54.4 Å². The fraction of sp³-hybridized carbons (Fsp3) is 0.312. The lowest BCUT2D eigenvalue weighted by Gasteiger charge is -2.41. The number of hydrogen-bond acceptors (Lipinski definition) is 4. The number of anilines is 1. The monoisotopic (exact) mass is 282 g/mol. The van der Waals surface area contributed by atoms with Crippen LogP contribution < -0.4 is 4.90 Å². The number of benzene rings is 1. The fourth-order valence-electron chi connectivity index (χ4n) is 2.76. The van der Waals surface area contributed by atoms with Gasteiger partial charge >= 0.3 is 0 Å². The predicted molar refractivity (Wildman–Crippen MR) is 80.8 cm³/mol. The van der Waals surface area contributed by atoms with E-state index in [-0.39, 0.29) is 11.9 Å². The minimum Gasteiger partial charge on any atom is -0.337 e. The average Bonchev–Trinajstić information content (AvgIpc) is 2.56. The van der Waals surface area contributed by atoms with Crippen LogP contribution in [0, 0.1) is 0 Å². The van der Waals surface area contributed by atoms with Crippen LogP contribution in [-0.2, 0) is 4.79 Å². The van der Waals surface area contributed by atoms with Crippen molar-refractivity contribution in [1.29, 1.82) is 0 Å². The van der Waals surface area contributed by atoms with E-state index in [4.69, 9.17) is 0 Å². The molecule has 0 aliphatic carbocycles. The second kappa shape index (κ2) is 5.91. The zero-order valence-electron chi connectivity index (χ0n) is 12.0. The highest BCUT2D eigenvalue weighted by atomic mass is 16.2. The molecule has 0 saturated carbocycles. The number of aromatic nitrogens is 2. The molecule has 108 valence electrons. The van der Waals surface area contributed by atoms with Gasteiger partial charge in [0.1, 0.15) is 0 Å². The summed E-state index contributed by atoms with van der Waals surface area (Å²) in [6.45, 7) is 3.79. The van der Waals surface area contributed by atoms with Gasteiger partial charge in [0.2, 0.25) is 11.9 Å². The molecule has 2 aromatic rings. The predicted octanol–water partition coefficient (Wildman–Crippen LogP) is 1.89. The topological polar surface area (TPSA) is 49.3 Å². The summed E-state index contributed by atoms with van der Waals surface area (Å²) >= 11 is 0. The molecule has 0 bridgehead atoms. The van der Waals surface area contributed by atoms with E-state index in [9.17, 15) is 4.79 Å². The standard InChI is InChI=1S/C16H18N4O/c1-13(21)20-11-10-19(16-17-8-5-9-18-16)12-15(20)14-6-3-2-4-7-14/h2-9,15H,10-12H2,1H3. The van der Waals surface area contributed by atoms with Crippen molar-refractivity contribution >= 4 is 11.9 Å². The lowest BCUT2D eigenvalue weighted by Crippen LogP contribution is -2.50. The summed E-state index contributed by atoms with van der Waals surface area (Å²) in [5, 5.41) is 0. The van der Waals surface area contributed by atoms with Crippen LogP contribution >= 0.6 is 0 Å². The molecule has 0 radical (unpaired) electrons. The molecule has 3 rings (SSSR count). The third kappa shape index (κ3) is 2.86. The van der Waals surface area contributed by atoms with Gasteiger partial charge in [0, 0.05) is 39.0 Å². The van der Waals surface area contributed by atoms with Gasteiger partial charge < -0.3 is 9.80 Å². The van der Waals surface area contributed by atoms with Gasteiger partial charge in [0.15, 0.2) is 0 Å². The SMILES string of the molecule is CC(=O)N1CCN(c2ncccn2)CC1c1ccccc1. The summed E-state index contributed by atoms with van der Waals surface area (Å²) in [5.41, 5.74) is 1.15. The molecule has 2 heterocycles. The Hall–Kier alpha value is -2.43. The van der Waals surface area contributed by atoms with E-state index in [0.29, 0.717) is 13.1 Å². The van der Waals surface area contributed by atoms with E-state index < -0.39 is 0 Å². The van der Waals surface area contributed by atoms with Gasteiger partial charge in [-0.2, -0.15) is 0 Å². The van der Waals surface area contributed by atoms with Crippen LogP contribution in [0.5, 0.6) is 0 Å². The Morgan fingerprint density at radius 2 is 1.81 bits per heavy atom. The highest BCUT2D eigenvalue weighted by Crippen LogP contribution is 2.26. The molecule has 5 nitrogen and oxygen atoms in total. The van der Waals surface area contributed by atoms with Crippen molar-refractivity contribution in [2.75, 3.05) is 24.5 Å². The smallest absolute Gasteiger partial charge is 0.225 e. The summed E-state index contributed by atoms with van der Waals surface area (Å²) in [6, 6.07) is 12.0. The summed E-state index contributed by atoms with van der Waals surface area (Å²) < 4.78 is 0. The van der Waals surface area contributed by atoms with E-state index in [1.54, 1.807) is 19.3 Å². The second-order valence-corrected chi connectivity index (χ2v) is 5.13. The molecule has 0 spiro atoms. The molecule has 1 saturated heterocycles. The van der Waals surface area contributed by atoms with Gasteiger partial charge in [-0.25, -0.2) is 9.97 Å². The van der Waals surface area contributed by atoms with Crippen LogP contribution in [0.2, 0.25) is 0 Å². The summed E-state index contributed by atoms with van der Waals surface area (Å²) in [6.07, 6.45) is 3.49. The summed E-state index contributed by atoms with van der Waals surface area (Å²) in [5.74, 6) is 0.833. The van der Waals surface area contributed by atoms with E-state index in [2.05, 4.69) is 27.0 Å². The first-order chi connectivity index (χ1) is 10.3. The maximum Gasteiger partial charge on any atom is 0.225 e. The Balaban J connectivity index is 1.87. The fourth-order valence-corrected chi connectivity index (χ4v) is 2.76. The second-order valence-electron chi connectivity index (χ2n) is 5.13. The molecular formula is C16H18N4O. The van der Waals surface area contributed by atoms with Crippen molar-refractivity contribution in [2.24, 2.45) is 0 Å². The van der Waals surface area contributed by atoms with Crippen molar-refractivity contribution in [3.8, 4) is 0 Å². The van der Waals surface area contributed by atoms with Crippen LogP contribution in [-0.4, -0.2) is 40.4 Å². The Morgan fingerprint density at radius 1 is 1.10 bits per heavy atom. The highest BCUT2D eigenvalue weighted by Gasteiger charge is 2.30. The number of carbonyl (C=O) groups is 1. The average molecular weight is 282 g/mol. The molecule has 21 heavy (non-hydrogen) atoms. The molecule has 1 aromatic heterocycles. The largest absolute Gasteiger partial charge is 0.337 e. The number of piperazine rings is 1. The van der Waals surface area contributed by atoms with E-state index >= 15 is 0 Å². The lowest BCUT2D eigenvalue weighted by atomic mass is 10.0. The van der Waals surface area contributed by atoms with E-state index in [1.165, 1.54) is 0 Å². The minimum absolute atomic E-state index is 0.0428. The first kappa shape index (κ1) is 13.5. The van der Waals surface area contributed by atoms with Crippen LogP contribution in [0.3, 0.4) is 0 Å². The van der Waals surface area contributed by atoms with Crippen molar-refractivity contribution in [2.45, 2.75) is 13.0 Å². The molecule has 1 fully saturated rings. The number of carbonyl (C=O) groups excluding carboxylic acids is 1. The summed E-state index contributed by atoms with van der Waals surface area (Å²) in [7, 11) is 0. The molecule has 1 aliphatic rings. The lowest BCUT2D eigenvalue weighted by molar-refractivity contribution is -0.131. The molecule has 1 unspecified atom stereocenters. The molecule has 5 heteroatoms. The molecule has 1 atom stereocenters. The van der Waals surface area contributed by atoms with Crippen LogP contribution in [0.1, 0.15) is 18.5 Å². The molecular weight excluding hydrogens is 264 g/mol. The third-order valence-electron chi connectivity index (χ3n) is 3.80.